The smallest absolute Gasteiger partial charge is 0.273 e. The van der Waals surface area contributed by atoms with E-state index >= 15 is 0 Å². The monoisotopic (exact) mass is 413 g/mol. The Morgan fingerprint density at radius 3 is 2.66 bits per heavy atom. The molecule has 3 aromatic rings. The Balaban J connectivity index is 1.71. The number of benzene rings is 1. The first-order valence-corrected chi connectivity index (χ1v) is 9.63. The molecule has 150 valence electrons. The van der Waals surface area contributed by atoms with E-state index in [0.29, 0.717) is 11.3 Å². The molecule has 0 aliphatic heterocycles. The van der Waals surface area contributed by atoms with Crippen molar-refractivity contribution in [1.82, 2.24) is 20.1 Å². The number of amides is 1. The van der Waals surface area contributed by atoms with Crippen molar-refractivity contribution in [3.05, 3.63) is 72.6 Å². The molecule has 9 nitrogen and oxygen atoms in total. The lowest BCUT2D eigenvalue weighted by atomic mass is 10.1. The number of aromatic nitrogens is 3. The summed E-state index contributed by atoms with van der Waals surface area (Å²) in [6.07, 6.45) is 0. The zero-order chi connectivity index (χ0) is 21.1. The standard InChI is InChI=1S/C19H19N5O4S/c1-11-4-5-14(10-16(11)24(27)28)19(26)20-8-9-23-17(25)7-6-15(22-23)18-12(2)21-13(3)29-18/h4-7,10H,8-9H2,1-3H3,(H,20,26). The highest BCUT2D eigenvalue weighted by molar-refractivity contribution is 7.15. The zero-order valence-electron chi connectivity index (χ0n) is 16.1. The van der Waals surface area contributed by atoms with E-state index < -0.39 is 10.8 Å². The van der Waals surface area contributed by atoms with Gasteiger partial charge in [-0.15, -0.1) is 11.3 Å². The van der Waals surface area contributed by atoms with Crippen molar-refractivity contribution in [2.24, 2.45) is 0 Å². The van der Waals surface area contributed by atoms with E-state index in [1.807, 2.05) is 13.8 Å². The fourth-order valence-electron chi connectivity index (χ4n) is 2.82. The highest BCUT2D eigenvalue weighted by Gasteiger charge is 2.15. The fourth-order valence-corrected chi connectivity index (χ4v) is 3.71. The normalized spacial score (nSPS) is 10.7. The molecule has 29 heavy (non-hydrogen) atoms. The van der Waals surface area contributed by atoms with Crippen molar-refractivity contribution in [3.63, 3.8) is 0 Å². The number of carbonyl (C=O) groups is 1. The SMILES string of the molecule is Cc1nc(C)c(-c2ccc(=O)n(CCNC(=O)c3ccc(C)c([N+](=O)[O-])c3)n2)s1. The number of nitrogens with zero attached hydrogens (tertiary/aromatic N) is 4. The first-order chi connectivity index (χ1) is 13.8. The average Bonchev–Trinajstić information content (AvgIpc) is 3.01. The van der Waals surface area contributed by atoms with Gasteiger partial charge < -0.3 is 5.32 Å². The number of hydrogen-bond donors (Lipinski definition) is 1. The van der Waals surface area contributed by atoms with E-state index in [-0.39, 0.29) is 29.9 Å². The number of thiazole rings is 1. The summed E-state index contributed by atoms with van der Waals surface area (Å²) in [7, 11) is 0. The number of hydrogen-bond acceptors (Lipinski definition) is 7. The van der Waals surface area contributed by atoms with E-state index in [1.165, 1.54) is 40.3 Å². The van der Waals surface area contributed by atoms with Crippen molar-refractivity contribution in [2.75, 3.05) is 6.54 Å². The van der Waals surface area contributed by atoms with Crippen molar-refractivity contribution in [2.45, 2.75) is 27.3 Å². The lowest BCUT2D eigenvalue weighted by Gasteiger charge is -2.08. The van der Waals surface area contributed by atoms with Crippen LogP contribution in [0.2, 0.25) is 0 Å². The molecule has 0 atom stereocenters. The first kappa shape index (κ1) is 20.3. The molecule has 0 aliphatic carbocycles. The summed E-state index contributed by atoms with van der Waals surface area (Å²) in [6, 6.07) is 7.38. The summed E-state index contributed by atoms with van der Waals surface area (Å²) in [5.41, 5.74) is 1.76. The largest absolute Gasteiger partial charge is 0.350 e. The van der Waals surface area contributed by atoms with Gasteiger partial charge >= 0.3 is 0 Å². The van der Waals surface area contributed by atoms with Gasteiger partial charge in [-0.25, -0.2) is 9.67 Å². The third-order valence-corrected chi connectivity index (χ3v) is 5.38. The predicted molar refractivity (Wildman–Crippen MR) is 109 cm³/mol. The summed E-state index contributed by atoms with van der Waals surface area (Å²) in [4.78, 5) is 40.2. The average molecular weight is 413 g/mol. The Morgan fingerprint density at radius 1 is 1.24 bits per heavy atom. The highest BCUT2D eigenvalue weighted by Crippen LogP contribution is 2.27. The first-order valence-electron chi connectivity index (χ1n) is 8.82. The number of rotatable bonds is 6. The molecule has 1 aromatic carbocycles. The molecule has 2 heterocycles. The highest BCUT2D eigenvalue weighted by atomic mass is 32.1. The number of nitrogens with one attached hydrogen (secondary N) is 1. The molecule has 1 N–H and O–H groups in total. The molecule has 0 unspecified atom stereocenters. The van der Waals surface area contributed by atoms with E-state index in [1.54, 1.807) is 13.0 Å². The maximum atomic E-state index is 12.3. The Bertz CT molecular complexity index is 1150. The van der Waals surface area contributed by atoms with Crippen molar-refractivity contribution in [3.8, 4) is 10.6 Å². The zero-order valence-corrected chi connectivity index (χ0v) is 16.9. The summed E-state index contributed by atoms with van der Waals surface area (Å²) in [5, 5.41) is 19.0. The fraction of sp³-hybridized carbons (Fsp3) is 0.263. The van der Waals surface area contributed by atoms with Crippen LogP contribution in [-0.4, -0.2) is 32.1 Å². The molecule has 0 saturated carbocycles. The van der Waals surface area contributed by atoms with Crippen LogP contribution >= 0.6 is 11.3 Å². The molecule has 0 saturated heterocycles. The van der Waals surface area contributed by atoms with Gasteiger partial charge in [0, 0.05) is 29.8 Å². The Morgan fingerprint density at radius 2 is 2.00 bits per heavy atom. The Kier molecular flexibility index (Phi) is 5.83. The molecule has 0 bridgehead atoms. The second-order valence-corrected chi connectivity index (χ2v) is 7.64. The van der Waals surface area contributed by atoms with Crippen LogP contribution in [0.3, 0.4) is 0 Å². The van der Waals surface area contributed by atoms with Crippen LogP contribution in [0.4, 0.5) is 5.69 Å². The second-order valence-electron chi connectivity index (χ2n) is 6.44. The van der Waals surface area contributed by atoms with Gasteiger partial charge in [0.15, 0.2) is 0 Å². The topological polar surface area (TPSA) is 120 Å². The van der Waals surface area contributed by atoms with Gasteiger partial charge in [0.25, 0.3) is 17.2 Å². The predicted octanol–water partition coefficient (Wildman–Crippen LogP) is 2.63. The minimum atomic E-state index is -0.524. The van der Waals surface area contributed by atoms with Crippen LogP contribution in [0, 0.1) is 30.9 Å². The van der Waals surface area contributed by atoms with Gasteiger partial charge in [0.05, 0.1) is 27.0 Å². The number of carbonyl (C=O) groups excluding carboxylic acids is 1. The molecule has 0 spiro atoms. The minimum absolute atomic E-state index is 0.113. The summed E-state index contributed by atoms with van der Waals surface area (Å²) < 4.78 is 1.28. The summed E-state index contributed by atoms with van der Waals surface area (Å²) >= 11 is 1.50. The Labute approximate surface area is 170 Å². The molecular weight excluding hydrogens is 394 g/mol. The summed E-state index contributed by atoms with van der Waals surface area (Å²) in [6.45, 7) is 5.72. The lowest BCUT2D eigenvalue weighted by Crippen LogP contribution is -2.32. The molecule has 0 radical (unpaired) electrons. The van der Waals surface area contributed by atoms with Gasteiger partial charge in [0.1, 0.15) is 5.69 Å². The number of aryl methyl sites for hydroxylation is 3. The molecule has 10 heteroatoms. The van der Waals surface area contributed by atoms with Crippen molar-refractivity contribution >= 4 is 22.9 Å². The third-order valence-electron chi connectivity index (χ3n) is 4.28. The van der Waals surface area contributed by atoms with Gasteiger partial charge in [-0.2, -0.15) is 5.10 Å². The van der Waals surface area contributed by atoms with Gasteiger partial charge in [-0.05, 0) is 32.9 Å². The molecule has 0 fully saturated rings. The van der Waals surface area contributed by atoms with Crippen molar-refractivity contribution in [1.29, 1.82) is 0 Å². The third kappa shape index (κ3) is 4.54. The van der Waals surface area contributed by atoms with Crippen LogP contribution in [0.25, 0.3) is 10.6 Å². The minimum Gasteiger partial charge on any atom is -0.350 e. The van der Waals surface area contributed by atoms with E-state index in [0.717, 1.165) is 15.6 Å². The van der Waals surface area contributed by atoms with Crippen LogP contribution in [0.1, 0.15) is 26.6 Å². The van der Waals surface area contributed by atoms with Gasteiger partial charge in [-0.1, -0.05) is 6.07 Å². The molecule has 0 aliphatic rings. The Hall–Kier alpha value is -3.40. The van der Waals surface area contributed by atoms with Gasteiger partial charge in [0.2, 0.25) is 0 Å². The van der Waals surface area contributed by atoms with E-state index in [9.17, 15) is 19.7 Å². The molecular formula is C19H19N5O4S. The quantitative estimate of drug-likeness (QED) is 0.490. The second kappa shape index (κ2) is 8.31. The van der Waals surface area contributed by atoms with Crippen molar-refractivity contribution < 1.29 is 9.72 Å². The number of nitro benzene ring substituents is 1. The molecule has 2 aromatic heterocycles. The van der Waals surface area contributed by atoms with E-state index in [2.05, 4.69) is 15.4 Å². The van der Waals surface area contributed by atoms with Gasteiger partial charge in [-0.3, -0.25) is 19.7 Å². The van der Waals surface area contributed by atoms with E-state index in [4.69, 9.17) is 0 Å². The molecule has 3 rings (SSSR count). The van der Waals surface area contributed by atoms with Crippen LogP contribution < -0.4 is 10.9 Å². The molecule has 1 amide bonds. The van der Waals surface area contributed by atoms with Crippen LogP contribution in [0.5, 0.6) is 0 Å². The van der Waals surface area contributed by atoms with Crippen LogP contribution in [0.15, 0.2) is 35.1 Å². The lowest BCUT2D eigenvalue weighted by molar-refractivity contribution is -0.385. The summed E-state index contributed by atoms with van der Waals surface area (Å²) in [5.74, 6) is -0.453. The maximum absolute atomic E-state index is 12.3. The van der Waals surface area contributed by atoms with Crippen LogP contribution in [-0.2, 0) is 6.54 Å². The number of nitro groups is 1. The maximum Gasteiger partial charge on any atom is 0.273 e.